The van der Waals surface area contributed by atoms with Gasteiger partial charge in [-0.2, -0.15) is 4.99 Å². The molecule has 6 nitrogen and oxygen atoms in total. The molecule has 2 aromatic rings. The number of ether oxygens (including phenoxy) is 2. The van der Waals surface area contributed by atoms with Gasteiger partial charge in [0.05, 0.1) is 11.3 Å². The van der Waals surface area contributed by atoms with Crippen LogP contribution in [0, 0.1) is 5.41 Å². The summed E-state index contributed by atoms with van der Waals surface area (Å²) in [5.74, 6) is 1.000. The average Bonchev–Trinajstić information content (AvgIpc) is 3.32. The summed E-state index contributed by atoms with van der Waals surface area (Å²) in [6.45, 7) is 0.188. The lowest BCUT2D eigenvalue weighted by molar-refractivity contribution is -0.114. The van der Waals surface area contributed by atoms with Crippen LogP contribution in [0.3, 0.4) is 0 Å². The quantitative estimate of drug-likeness (QED) is 0.810. The zero-order valence-electron chi connectivity index (χ0n) is 14.0. The number of nitrogens with one attached hydrogen (secondary N) is 1. The highest BCUT2D eigenvalue weighted by atomic mass is 32.2. The van der Waals surface area contributed by atoms with Crippen LogP contribution in [0.4, 0.5) is 0 Å². The van der Waals surface area contributed by atoms with Crippen LogP contribution >= 0.6 is 11.8 Å². The van der Waals surface area contributed by atoms with E-state index >= 15 is 0 Å². The number of thioether (sulfide) groups is 1. The van der Waals surface area contributed by atoms with Crippen molar-refractivity contribution in [3.63, 3.8) is 0 Å². The normalized spacial score (nSPS) is 19.3. The zero-order chi connectivity index (χ0) is 18.4. The Morgan fingerprint density at radius 3 is 2.78 bits per heavy atom. The molecule has 2 aromatic carbocycles. The number of carbonyl (C=O) groups is 1. The maximum Gasteiger partial charge on any atom is 0.283 e. The molecular weight excluding hydrogens is 362 g/mol. The molecule has 132 valence electrons. The van der Waals surface area contributed by atoms with Gasteiger partial charge in [0, 0.05) is 5.41 Å². The van der Waals surface area contributed by atoms with Gasteiger partial charge in [0.1, 0.15) is 5.84 Å². The highest BCUT2D eigenvalue weighted by Gasteiger charge is 2.36. The maximum atomic E-state index is 12.5. The molecule has 7 heteroatoms. The van der Waals surface area contributed by atoms with Crippen LogP contribution in [0.25, 0.3) is 11.8 Å². The summed E-state index contributed by atoms with van der Waals surface area (Å²) in [5.41, 5.74) is 2.80. The van der Waals surface area contributed by atoms with Crippen LogP contribution in [0.15, 0.2) is 64.5 Å². The van der Waals surface area contributed by atoms with Gasteiger partial charge < -0.3 is 9.47 Å². The fraction of sp³-hybridized carbons (Fsp3) is 0.0500. The Kier molecular flexibility index (Phi) is 3.61. The molecular formula is C20H13N3O3S. The standard InChI is InChI=1S/C20H13N3O3S/c21-18-14(8-12-6-7-16-17(9-12)26-11-25-16)19(24)22-20-23(18)15(10-27-20)13-4-2-1-3-5-13/h1-10,21H,11H2/b14-8+,21-18?. The summed E-state index contributed by atoms with van der Waals surface area (Å²) in [4.78, 5) is 18.4. The van der Waals surface area contributed by atoms with Crippen molar-refractivity contribution in [2.75, 3.05) is 6.79 Å². The van der Waals surface area contributed by atoms with E-state index < -0.39 is 5.91 Å². The molecule has 1 amide bonds. The minimum absolute atomic E-state index is 0.114. The van der Waals surface area contributed by atoms with Crippen molar-refractivity contribution in [2.24, 2.45) is 4.99 Å². The molecule has 0 aliphatic carbocycles. The first kappa shape index (κ1) is 15.9. The van der Waals surface area contributed by atoms with Crippen molar-refractivity contribution in [3.8, 4) is 11.5 Å². The van der Waals surface area contributed by atoms with Crippen molar-refractivity contribution in [1.82, 2.24) is 4.90 Å². The molecule has 0 bridgehead atoms. The van der Waals surface area contributed by atoms with Crippen LogP contribution in [0.1, 0.15) is 11.1 Å². The monoisotopic (exact) mass is 375 g/mol. The Morgan fingerprint density at radius 2 is 1.93 bits per heavy atom. The first-order valence-electron chi connectivity index (χ1n) is 8.26. The van der Waals surface area contributed by atoms with E-state index in [1.54, 1.807) is 23.1 Å². The number of hydrogen-bond donors (Lipinski definition) is 1. The Bertz CT molecular complexity index is 1070. The Morgan fingerprint density at radius 1 is 1.11 bits per heavy atom. The second kappa shape index (κ2) is 6.14. The lowest BCUT2D eigenvalue weighted by atomic mass is 10.1. The second-order valence-electron chi connectivity index (χ2n) is 6.04. The number of fused-ring (bicyclic) bond motifs is 2. The van der Waals surface area contributed by atoms with E-state index in [2.05, 4.69) is 4.99 Å². The molecule has 0 fully saturated rings. The van der Waals surface area contributed by atoms with E-state index in [-0.39, 0.29) is 18.2 Å². The molecule has 0 atom stereocenters. The van der Waals surface area contributed by atoms with Crippen LogP contribution in [0.2, 0.25) is 0 Å². The maximum absolute atomic E-state index is 12.5. The van der Waals surface area contributed by atoms with Gasteiger partial charge in [-0.25, -0.2) is 0 Å². The van der Waals surface area contributed by atoms with Crippen molar-refractivity contribution >= 4 is 40.4 Å². The van der Waals surface area contributed by atoms with E-state index in [0.717, 1.165) is 16.8 Å². The molecule has 0 aromatic heterocycles. The number of hydrogen-bond acceptors (Lipinski definition) is 5. The smallest absolute Gasteiger partial charge is 0.283 e. The fourth-order valence-corrected chi connectivity index (χ4v) is 3.97. The third-order valence-electron chi connectivity index (χ3n) is 4.39. The van der Waals surface area contributed by atoms with Gasteiger partial charge in [0.25, 0.3) is 5.91 Å². The summed E-state index contributed by atoms with van der Waals surface area (Å²) < 4.78 is 10.7. The Labute approximate surface area is 159 Å². The lowest BCUT2D eigenvalue weighted by Gasteiger charge is -2.26. The number of amidine groups is 2. The molecule has 0 saturated heterocycles. The van der Waals surface area contributed by atoms with Crippen LogP contribution in [0.5, 0.6) is 11.5 Å². The minimum Gasteiger partial charge on any atom is -0.454 e. The molecule has 3 aliphatic heterocycles. The summed E-state index contributed by atoms with van der Waals surface area (Å²) in [6.07, 6.45) is 1.67. The number of carbonyl (C=O) groups excluding carboxylic acids is 1. The van der Waals surface area contributed by atoms with E-state index in [1.165, 1.54) is 11.8 Å². The third kappa shape index (κ3) is 2.63. The Hall–Kier alpha value is -3.32. The van der Waals surface area contributed by atoms with Crippen molar-refractivity contribution in [1.29, 1.82) is 5.41 Å². The van der Waals surface area contributed by atoms with Gasteiger partial charge in [0.2, 0.25) is 6.79 Å². The molecule has 0 saturated carbocycles. The van der Waals surface area contributed by atoms with Gasteiger partial charge in [-0.05, 0) is 29.3 Å². The predicted molar refractivity (Wildman–Crippen MR) is 105 cm³/mol. The molecule has 0 radical (unpaired) electrons. The van der Waals surface area contributed by atoms with Crippen LogP contribution < -0.4 is 9.47 Å². The van der Waals surface area contributed by atoms with Gasteiger partial charge in [-0.15, -0.1) is 0 Å². The summed E-state index contributed by atoms with van der Waals surface area (Å²) in [7, 11) is 0. The molecule has 1 N–H and O–H groups in total. The van der Waals surface area contributed by atoms with Crippen LogP contribution in [-0.4, -0.2) is 28.6 Å². The van der Waals surface area contributed by atoms with E-state index in [9.17, 15) is 4.79 Å². The molecule has 3 heterocycles. The fourth-order valence-electron chi connectivity index (χ4n) is 3.08. The predicted octanol–water partition coefficient (Wildman–Crippen LogP) is 3.72. The minimum atomic E-state index is -0.417. The summed E-state index contributed by atoms with van der Waals surface area (Å²) in [5, 5.41) is 11.1. The highest BCUT2D eigenvalue weighted by molar-refractivity contribution is 8.17. The zero-order valence-corrected chi connectivity index (χ0v) is 14.8. The molecule has 0 unspecified atom stereocenters. The molecule has 5 rings (SSSR count). The SMILES string of the molecule is N=C1/C(=C\c2ccc3c(c2)OCO3)C(=O)N=C2SC=C(c3ccccc3)N12. The Balaban J connectivity index is 1.53. The summed E-state index contributed by atoms with van der Waals surface area (Å²) in [6, 6.07) is 15.2. The number of nitrogens with zero attached hydrogens (tertiary/aromatic N) is 2. The van der Waals surface area contributed by atoms with Crippen molar-refractivity contribution < 1.29 is 14.3 Å². The van der Waals surface area contributed by atoms with Gasteiger partial charge in [-0.3, -0.25) is 15.1 Å². The first-order chi connectivity index (χ1) is 13.2. The summed E-state index contributed by atoms with van der Waals surface area (Å²) >= 11 is 1.35. The number of benzene rings is 2. The number of aliphatic imine (C=N–C) groups is 1. The molecule has 3 aliphatic rings. The number of rotatable bonds is 2. The third-order valence-corrected chi connectivity index (χ3v) is 5.22. The van der Waals surface area contributed by atoms with Crippen molar-refractivity contribution in [3.05, 3.63) is 70.6 Å². The number of amides is 1. The van der Waals surface area contributed by atoms with E-state index in [0.29, 0.717) is 16.7 Å². The lowest BCUT2D eigenvalue weighted by Crippen LogP contribution is -2.38. The largest absolute Gasteiger partial charge is 0.454 e. The molecule has 27 heavy (non-hydrogen) atoms. The van der Waals surface area contributed by atoms with Gasteiger partial charge in [0.15, 0.2) is 16.7 Å². The van der Waals surface area contributed by atoms with Crippen LogP contribution in [-0.2, 0) is 4.79 Å². The molecule has 0 spiro atoms. The van der Waals surface area contributed by atoms with E-state index in [4.69, 9.17) is 14.9 Å². The average molecular weight is 375 g/mol. The van der Waals surface area contributed by atoms with Crippen molar-refractivity contribution in [2.45, 2.75) is 0 Å². The second-order valence-corrected chi connectivity index (χ2v) is 6.88. The topological polar surface area (TPSA) is 75.0 Å². The highest BCUT2D eigenvalue weighted by Crippen LogP contribution is 2.38. The first-order valence-corrected chi connectivity index (χ1v) is 9.14. The van der Waals surface area contributed by atoms with Gasteiger partial charge in [-0.1, -0.05) is 48.2 Å². The van der Waals surface area contributed by atoms with Gasteiger partial charge >= 0.3 is 0 Å². The van der Waals surface area contributed by atoms with E-state index in [1.807, 2.05) is 41.8 Å².